The molecule has 0 saturated carbocycles. The van der Waals surface area contributed by atoms with Crippen molar-refractivity contribution in [3.05, 3.63) is 47.5 Å². The van der Waals surface area contributed by atoms with E-state index in [-0.39, 0.29) is 17.9 Å². The smallest absolute Gasteiger partial charge is 0.228 e. The summed E-state index contributed by atoms with van der Waals surface area (Å²) < 4.78 is 0. The number of hydrogen-bond acceptors (Lipinski definition) is 3. The van der Waals surface area contributed by atoms with Crippen LogP contribution in [-0.4, -0.2) is 21.1 Å². The van der Waals surface area contributed by atoms with E-state index < -0.39 is 0 Å². The lowest BCUT2D eigenvalue weighted by Crippen LogP contribution is -2.33. The molecular formula is C15H18N4O. The molecular weight excluding hydrogens is 252 g/mol. The zero-order valence-corrected chi connectivity index (χ0v) is 11.5. The molecule has 5 heteroatoms. The Labute approximate surface area is 117 Å². The minimum absolute atomic E-state index is 0.0506. The lowest BCUT2D eigenvalue weighted by atomic mass is 9.82. The summed E-state index contributed by atoms with van der Waals surface area (Å²) in [6.45, 7) is 1.91. The number of aromatic amines is 1. The number of amides is 1. The summed E-state index contributed by atoms with van der Waals surface area (Å²) in [5.74, 6) is 0.703. The molecule has 2 atom stereocenters. The number of nitrogens with zero attached hydrogens (tertiary/aromatic N) is 2. The Morgan fingerprint density at radius 3 is 3.10 bits per heavy atom. The van der Waals surface area contributed by atoms with Gasteiger partial charge < -0.3 is 5.32 Å². The van der Waals surface area contributed by atoms with Crippen LogP contribution in [0, 0.1) is 0 Å². The van der Waals surface area contributed by atoms with Crippen LogP contribution in [0.25, 0.3) is 0 Å². The number of benzene rings is 1. The first kappa shape index (κ1) is 12.8. The number of aromatic nitrogens is 3. The van der Waals surface area contributed by atoms with Gasteiger partial charge in [0.25, 0.3) is 0 Å². The van der Waals surface area contributed by atoms with E-state index in [0.29, 0.717) is 5.82 Å². The number of nitrogens with one attached hydrogen (secondary N) is 2. The van der Waals surface area contributed by atoms with Crippen LogP contribution in [0.3, 0.4) is 0 Å². The fourth-order valence-corrected chi connectivity index (χ4v) is 2.83. The zero-order chi connectivity index (χ0) is 13.9. The number of hydrogen-bond donors (Lipinski definition) is 2. The second-order valence-corrected chi connectivity index (χ2v) is 5.24. The van der Waals surface area contributed by atoms with E-state index in [1.807, 2.05) is 19.1 Å². The van der Waals surface area contributed by atoms with E-state index in [1.165, 1.54) is 17.5 Å². The minimum atomic E-state index is -0.154. The molecule has 1 amide bonds. The normalized spacial score (nSPS) is 19.1. The van der Waals surface area contributed by atoms with Crippen molar-refractivity contribution in [3.63, 3.8) is 0 Å². The quantitative estimate of drug-likeness (QED) is 0.897. The maximum atomic E-state index is 12.5. The van der Waals surface area contributed by atoms with Gasteiger partial charge in [0.05, 0.1) is 12.0 Å². The molecule has 3 rings (SSSR count). The van der Waals surface area contributed by atoms with Gasteiger partial charge in [-0.3, -0.25) is 9.89 Å². The standard InChI is InChI=1S/C15H18N4O/c1-10(14-16-9-17-19-14)18-15(20)13-8-4-6-11-5-2-3-7-12(11)13/h2-3,5,7,9-10,13H,4,6,8H2,1H3,(H,18,20)(H,16,17,19). The van der Waals surface area contributed by atoms with Gasteiger partial charge in [0.2, 0.25) is 5.91 Å². The predicted molar refractivity (Wildman–Crippen MR) is 75.1 cm³/mol. The van der Waals surface area contributed by atoms with E-state index in [0.717, 1.165) is 19.3 Å². The summed E-state index contributed by atoms with van der Waals surface area (Å²) in [7, 11) is 0. The molecule has 1 aliphatic rings. The second-order valence-electron chi connectivity index (χ2n) is 5.24. The Balaban J connectivity index is 1.75. The Hall–Kier alpha value is -2.17. The molecule has 0 spiro atoms. The molecule has 0 saturated heterocycles. The molecule has 0 bridgehead atoms. The summed E-state index contributed by atoms with van der Waals surface area (Å²) in [5.41, 5.74) is 2.47. The first-order valence-electron chi connectivity index (χ1n) is 6.99. The number of fused-ring (bicyclic) bond motifs is 1. The number of aryl methyl sites for hydroxylation is 1. The molecule has 0 radical (unpaired) electrons. The molecule has 0 fully saturated rings. The fraction of sp³-hybridized carbons (Fsp3) is 0.400. The van der Waals surface area contributed by atoms with Crippen molar-refractivity contribution < 1.29 is 4.79 Å². The van der Waals surface area contributed by atoms with Crippen LogP contribution in [0.15, 0.2) is 30.6 Å². The average molecular weight is 270 g/mol. The van der Waals surface area contributed by atoms with E-state index >= 15 is 0 Å². The highest BCUT2D eigenvalue weighted by atomic mass is 16.1. The summed E-state index contributed by atoms with van der Waals surface area (Å²) in [6, 6.07) is 8.08. The Morgan fingerprint density at radius 2 is 2.30 bits per heavy atom. The van der Waals surface area contributed by atoms with Crippen molar-refractivity contribution in [2.45, 2.75) is 38.1 Å². The van der Waals surface area contributed by atoms with Crippen molar-refractivity contribution >= 4 is 5.91 Å². The van der Waals surface area contributed by atoms with E-state index in [4.69, 9.17) is 0 Å². The molecule has 1 heterocycles. The average Bonchev–Trinajstić information content (AvgIpc) is 3.01. The third-order valence-electron chi connectivity index (χ3n) is 3.89. The number of H-pyrrole nitrogens is 1. The van der Waals surface area contributed by atoms with Crippen molar-refractivity contribution in [2.75, 3.05) is 0 Å². The van der Waals surface area contributed by atoms with Crippen LogP contribution in [0.4, 0.5) is 0 Å². The molecule has 2 aromatic rings. The first-order chi connectivity index (χ1) is 9.75. The zero-order valence-electron chi connectivity index (χ0n) is 11.5. The number of carbonyl (C=O) groups excluding carboxylic acids is 1. The van der Waals surface area contributed by atoms with Crippen LogP contribution in [0.2, 0.25) is 0 Å². The minimum Gasteiger partial charge on any atom is -0.346 e. The molecule has 104 valence electrons. The lowest BCUT2D eigenvalue weighted by molar-refractivity contribution is -0.123. The Kier molecular flexibility index (Phi) is 3.50. The molecule has 1 aliphatic carbocycles. The largest absolute Gasteiger partial charge is 0.346 e. The highest BCUT2D eigenvalue weighted by Crippen LogP contribution is 2.31. The maximum Gasteiger partial charge on any atom is 0.228 e. The van der Waals surface area contributed by atoms with E-state index in [2.05, 4.69) is 32.6 Å². The number of rotatable bonds is 3. The van der Waals surface area contributed by atoms with Crippen molar-refractivity contribution in [3.8, 4) is 0 Å². The van der Waals surface area contributed by atoms with Gasteiger partial charge in [-0.2, -0.15) is 5.10 Å². The van der Waals surface area contributed by atoms with Crippen molar-refractivity contribution in [1.29, 1.82) is 0 Å². The Morgan fingerprint density at radius 1 is 1.45 bits per heavy atom. The Bertz CT molecular complexity index is 594. The third-order valence-corrected chi connectivity index (χ3v) is 3.89. The predicted octanol–water partition coefficient (Wildman–Crippen LogP) is 2.10. The second kappa shape index (κ2) is 5.45. The SMILES string of the molecule is CC(NC(=O)C1CCCc2ccccc21)c1ncn[nH]1. The van der Waals surface area contributed by atoms with Crippen LogP contribution < -0.4 is 5.32 Å². The highest BCUT2D eigenvalue weighted by molar-refractivity contribution is 5.84. The van der Waals surface area contributed by atoms with Gasteiger partial charge in [-0.1, -0.05) is 24.3 Å². The van der Waals surface area contributed by atoms with E-state index in [1.54, 1.807) is 0 Å². The fourth-order valence-electron chi connectivity index (χ4n) is 2.83. The number of carbonyl (C=O) groups is 1. The first-order valence-corrected chi connectivity index (χ1v) is 6.99. The highest BCUT2D eigenvalue weighted by Gasteiger charge is 2.27. The molecule has 2 N–H and O–H groups in total. The topological polar surface area (TPSA) is 70.7 Å². The maximum absolute atomic E-state index is 12.5. The molecule has 5 nitrogen and oxygen atoms in total. The van der Waals surface area contributed by atoms with Crippen LogP contribution in [-0.2, 0) is 11.2 Å². The van der Waals surface area contributed by atoms with Crippen LogP contribution >= 0.6 is 0 Å². The third kappa shape index (κ3) is 2.43. The summed E-state index contributed by atoms with van der Waals surface area (Å²) in [5, 5.41) is 9.62. The van der Waals surface area contributed by atoms with Gasteiger partial charge in [-0.15, -0.1) is 0 Å². The van der Waals surface area contributed by atoms with Gasteiger partial charge in [0, 0.05) is 0 Å². The van der Waals surface area contributed by atoms with Gasteiger partial charge in [0.1, 0.15) is 12.2 Å². The summed E-state index contributed by atoms with van der Waals surface area (Å²) >= 11 is 0. The lowest BCUT2D eigenvalue weighted by Gasteiger charge is -2.25. The molecule has 2 unspecified atom stereocenters. The van der Waals surface area contributed by atoms with Crippen LogP contribution in [0.1, 0.15) is 48.7 Å². The molecule has 1 aromatic heterocycles. The molecule has 0 aliphatic heterocycles. The molecule has 1 aromatic carbocycles. The van der Waals surface area contributed by atoms with Gasteiger partial charge >= 0.3 is 0 Å². The van der Waals surface area contributed by atoms with Gasteiger partial charge in [-0.25, -0.2) is 4.98 Å². The van der Waals surface area contributed by atoms with E-state index in [9.17, 15) is 4.79 Å². The van der Waals surface area contributed by atoms with Crippen LogP contribution in [0.5, 0.6) is 0 Å². The summed E-state index contributed by atoms with van der Waals surface area (Å²) in [6.07, 6.45) is 4.49. The van der Waals surface area contributed by atoms with Crippen molar-refractivity contribution in [2.24, 2.45) is 0 Å². The monoisotopic (exact) mass is 270 g/mol. The summed E-state index contributed by atoms with van der Waals surface area (Å²) in [4.78, 5) is 16.6. The molecule has 20 heavy (non-hydrogen) atoms. The van der Waals surface area contributed by atoms with Crippen molar-refractivity contribution in [1.82, 2.24) is 20.5 Å². The van der Waals surface area contributed by atoms with Gasteiger partial charge in [-0.05, 0) is 37.3 Å². The van der Waals surface area contributed by atoms with Gasteiger partial charge in [0.15, 0.2) is 0 Å².